The summed E-state index contributed by atoms with van der Waals surface area (Å²) in [7, 11) is -0.849. The number of aliphatic hydroxyl groups excluding tert-OH is 1. The molecular formula is C7H13N3O2S. The molecule has 0 aliphatic rings. The van der Waals surface area contributed by atoms with Gasteiger partial charge in [-0.25, -0.2) is 0 Å². The van der Waals surface area contributed by atoms with Crippen LogP contribution in [-0.4, -0.2) is 36.1 Å². The highest BCUT2D eigenvalue weighted by molar-refractivity contribution is 7.84. The van der Waals surface area contributed by atoms with Crippen LogP contribution < -0.4 is 0 Å². The number of rotatable bonds is 4. The molecule has 0 fully saturated rings. The normalized spacial score (nSPS) is 15.6. The van der Waals surface area contributed by atoms with Crippen molar-refractivity contribution < 1.29 is 9.32 Å². The molecule has 0 saturated carbocycles. The van der Waals surface area contributed by atoms with E-state index in [1.807, 2.05) is 6.92 Å². The smallest absolute Gasteiger partial charge is 0.158 e. The third-order valence-electron chi connectivity index (χ3n) is 1.74. The number of hydrogen-bond donors (Lipinski definition) is 1. The first kappa shape index (κ1) is 10.3. The van der Waals surface area contributed by atoms with Crippen LogP contribution >= 0.6 is 0 Å². The molecule has 13 heavy (non-hydrogen) atoms. The van der Waals surface area contributed by atoms with E-state index >= 15 is 0 Å². The van der Waals surface area contributed by atoms with Gasteiger partial charge in [-0.15, -0.1) is 10.2 Å². The molecule has 0 aromatic carbocycles. The Morgan fingerprint density at radius 1 is 1.77 bits per heavy atom. The van der Waals surface area contributed by atoms with Crippen molar-refractivity contribution in [2.24, 2.45) is 0 Å². The van der Waals surface area contributed by atoms with E-state index in [0.717, 1.165) is 0 Å². The van der Waals surface area contributed by atoms with Crippen molar-refractivity contribution >= 4 is 10.8 Å². The van der Waals surface area contributed by atoms with Crippen LogP contribution in [0.5, 0.6) is 0 Å². The summed E-state index contributed by atoms with van der Waals surface area (Å²) in [5, 5.41) is 16.3. The van der Waals surface area contributed by atoms with Gasteiger partial charge in [0.15, 0.2) is 5.82 Å². The van der Waals surface area contributed by atoms with E-state index in [1.165, 1.54) is 0 Å². The van der Waals surface area contributed by atoms with Gasteiger partial charge < -0.3 is 9.67 Å². The first-order valence-electron chi connectivity index (χ1n) is 3.94. The topological polar surface area (TPSA) is 68.0 Å². The Labute approximate surface area is 79.3 Å². The fourth-order valence-electron chi connectivity index (χ4n) is 1.17. The van der Waals surface area contributed by atoms with Gasteiger partial charge in [0.2, 0.25) is 0 Å². The molecule has 1 heterocycles. The monoisotopic (exact) mass is 203 g/mol. The van der Waals surface area contributed by atoms with Crippen molar-refractivity contribution in [3.63, 3.8) is 0 Å². The van der Waals surface area contributed by atoms with Crippen LogP contribution in [0.1, 0.15) is 18.8 Å². The molecular weight excluding hydrogens is 190 g/mol. The van der Waals surface area contributed by atoms with E-state index in [-0.39, 0.29) is 12.6 Å². The van der Waals surface area contributed by atoms with E-state index in [0.29, 0.717) is 11.6 Å². The Kier molecular flexibility index (Phi) is 3.56. The zero-order valence-electron chi connectivity index (χ0n) is 7.67. The molecule has 1 rings (SSSR count). The number of aromatic nitrogens is 3. The van der Waals surface area contributed by atoms with Gasteiger partial charge in [-0.3, -0.25) is 4.21 Å². The van der Waals surface area contributed by atoms with Gasteiger partial charge in [-0.05, 0) is 6.92 Å². The minimum atomic E-state index is -0.849. The zero-order chi connectivity index (χ0) is 9.84. The number of hydrogen-bond acceptors (Lipinski definition) is 4. The minimum absolute atomic E-state index is 0.0583. The summed E-state index contributed by atoms with van der Waals surface area (Å²) in [6.07, 6.45) is 3.20. The summed E-state index contributed by atoms with van der Waals surface area (Å²) >= 11 is 0. The molecule has 0 spiro atoms. The van der Waals surface area contributed by atoms with Gasteiger partial charge in [0.25, 0.3) is 0 Å². The molecule has 2 unspecified atom stereocenters. The maximum Gasteiger partial charge on any atom is 0.158 e. The van der Waals surface area contributed by atoms with Gasteiger partial charge in [-0.2, -0.15) is 0 Å². The highest BCUT2D eigenvalue weighted by Gasteiger charge is 2.11. The van der Waals surface area contributed by atoms with E-state index < -0.39 is 10.8 Å². The summed E-state index contributed by atoms with van der Waals surface area (Å²) < 4.78 is 12.7. The van der Waals surface area contributed by atoms with E-state index in [2.05, 4.69) is 10.2 Å². The van der Waals surface area contributed by atoms with Crippen molar-refractivity contribution in [2.75, 3.05) is 12.0 Å². The lowest BCUT2D eigenvalue weighted by atomic mass is 10.4. The number of aliphatic hydroxyl groups is 1. The SMILES string of the molecule is CC(CS(C)=O)n1cnnc1CO. The van der Waals surface area contributed by atoms with E-state index in [4.69, 9.17) is 5.11 Å². The predicted molar refractivity (Wildman–Crippen MR) is 49.6 cm³/mol. The first-order chi connectivity index (χ1) is 6.15. The molecule has 0 radical (unpaired) electrons. The Balaban J connectivity index is 2.75. The van der Waals surface area contributed by atoms with Crippen molar-refractivity contribution in [1.82, 2.24) is 14.8 Å². The maximum absolute atomic E-state index is 10.9. The molecule has 0 aliphatic heterocycles. The third kappa shape index (κ3) is 2.60. The zero-order valence-corrected chi connectivity index (χ0v) is 8.49. The van der Waals surface area contributed by atoms with Gasteiger partial charge in [0, 0.05) is 28.9 Å². The van der Waals surface area contributed by atoms with Crippen LogP contribution in [0.25, 0.3) is 0 Å². The van der Waals surface area contributed by atoms with E-state index in [1.54, 1.807) is 17.2 Å². The largest absolute Gasteiger partial charge is 0.388 e. The average Bonchev–Trinajstić information content (AvgIpc) is 2.49. The maximum atomic E-state index is 10.9. The van der Waals surface area contributed by atoms with Crippen LogP contribution in [0.2, 0.25) is 0 Å². The molecule has 1 aromatic rings. The average molecular weight is 203 g/mol. The molecule has 1 aromatic heterocycles. The summed E-state index contributed by atoms with van der Waals surface area (Å²) in [6, 6.07) is 0.0583. The standard InChI is InChI=1S/C7H13N3O2S/c1-6(4-13(2)12)10-5-8-9-7(10)3-11/h5-6,11H,3-4H2,1-2H3. The fourth-order valence-corrected chi connectivity index (χ4v) is 2.01. The van der Waals surface area contributed by atoms with Crippen LogP contribution in [0.3, 0.4) is 0 Å². The third-order valence-corrected chi connectivity index (χ3v) is 2.69. The Bertz CT molecular complexity index is 300. The van der Waals surface area contributed by atoms with Gasteiger partial charge in [-0.1, -0.05) is 0 Å². The fraction of sp³-hybridized carbons (Fsp3) is 0.714. The quantitative estimate of drug-likeness (QED) is 0.730. The van der Waals surface area contributed by atoms with Crippen LogP contribution in [-0.2, 0) is 17.4 Å². The lowest BCUT2D eigenvalue weighted by molar-refractivity contribution is 0.262. The molecule has 0 saturated heterocycles. The molecule has 5 nitrogen and oxygen atoms in total. The van der Waals surface area contributed by atoms with Gasteiger partial charge in [0.1, 0.15) is 12.9 Å². The van der Waals surface area contributed by atoms with Crippen molar-refractivity contribution in [2.45, 2.75) is 19.6 Å². The second-order valence-electron chi connectivity index (χ2n) is 2.90. The molecule has 0 amide bonds. The van der Waals surface area contributed by atoms with E-state index in [9.17, 15) is 4.21 Å². The van der Waals surface area contributed by atoms with Crippen LogP contribution in [0.4, 0.5) is 0 Å². The first-order valence-corrected chi connectivity index (χ1v) is 5.67. The lowest BCUT2D eigenvalue weighted by Gasteiger charge is -2.12. The molecule has 0 aliphatic carbocycles. The second kappa shape index (κ2) is 4.48. The molecule has 74 valence electrons. The highest BCUT2D eigenvalue weighted by Crippen LogP contribution is 2.08. The van der Waals surface area contributed by atoms with Crippen molar-refractivity contribution in [3.05, 3.63) is 12.2 Å². The minimum Gasteiger partial charge on any atom is -0.388 e. The van der Waals surface area contributed by atoms with Crippen LogP contribution in [0.15, 0.2) is 6.33 Å². The van der Waals surface area contributed by atoms with Crippen molar-refractivity contribution in [3.8, 4) is 0 Å². The lowest BCUT2D eigenvalue weighted by Crippen LogP contribution is -2.14. The second-order valence-corrected chi connectivity index (χ2v) is 4.38. The van der Waals surface area contributed by atoms with Crippen molar-refractivity contribution in [1.29, 1.82) is 0 Å². The Hall–Kier alpha value is -0.750. The van der Waals surface area contributed by atoms with Crippen LogP contribution in [0, 0.1) is 0 Å². The highest BCUT2D eigenvalue weighted by atomic mass is 32.2. The summed E-state index contributed by atoms with van der Waals surface area (Å²) in [5.74, 6) is 1.06. The summed E-state index contributed by atoms with van der Waals surface area (Å²) in [6.45, 7) is 1.78. The summed E-state index contributed by atoms with van der Waals surface area (Å²) in [4.78, 5) is 0. The summed E-state index contributed by atoms with van der Waals surface area (Å²) in [5.41, 5.74) is 0. The molecule has 6 heteroatoms. The van der Waals surface area contributed by atoms with Gasteiger partial charge in [0.05, 0.1) is 0 Å². The Morgan fingerprint density at radius 2 is 2.46 bits per heavy atom. The molecule has 1 N–H and O–H groups in total. The molecule has 2 atom stereocenters. The predicted octanol–water partition coefficient (Wildman–Crippen LogP) is -0.290. The molecule has 0 bridgehead atoms. The van der Waals surface area contributed by atoms with Gasteiger partial charge >= 0.3 is 0 Å². The number of nitrogens with zero attached hydrogens (tertiary/aromatic N) is 3. The Morgan fingerprint density at radius 3 is 3.00 bits per heavy atom.